The predicted molar refractivity (Wildman–Crippen MR) is 131 cm³/mol. The van der Waals surface area contributed by atoms with Gasteiger partial charge in [0.15, 0.2) is 0 Å². The van der Waals surface area contributed by atoms with Gasteiger partial charge in [-0.05, 0) is 79.0 Å². The minimum absolute atomic E-state index is 0.0109. The molecule has 2 aromatic rings. The zero-order valence-corrected chi connectivity index (χ0v) is 21.0. The van der Waals surface area contributed by atoms with E-state index in [2.05, 4.69) is 30.8 Å². The summed E-state index contributed by atoms with van der Waals surface area (Å²) >= 11 is 0. The van der Waals surface area contributed by atoms with Crippen molar-refractivity contribution in [3.63, 3.8) is 0 Å². The molecule has 0 atom stereocenters. The van der Waals surface area contributed by atoms with Crippen LogP contribution in [0.15, 0.2) is 48.5 Å². The largest absolute Gasteiger partial charge is 0.573 e. The minimum Gasteiger partial charge on any atom is -0.465 e. The van der Waals surface area contributed by atoms with E-state index in [-0.39, 0.29) is 23.2 Å². The van der Waals surface area contributed by atoms with Crippen LogP contribution in [0.2, 0.25) is 0 Å². The fourth-order valence-corrected chi connectivity index (χ4v) is 4.62. The Bertz CT molecular complexity index is 1020. The molecule has 2 aromatic carbocycles. The molecule has 3 rings (SSSR count). The topological polar surface area (TPSA) is 67.9 Å². The van der Waals surface area contributed by atoms with Crippen molar-refractivity contribution in [1.29, 1.82) is 0 Å². The Hall–Kier alpha value is -3.23. The Balaban J connectivity index is 1.75. The summed E-state index contributed by atoms with van der Waals surface area (Å²) in [4.78, 5) is 26.9. The van der Waals surface area contributed by atoms with E-state index in [0.717, 1.165) is 43.4 Å². The van der Waals surface area contributed by atoms with E-state index in [1.807, 2.05) is 0 Å². The van der Waals surface area contributed by atoms with Crippen LogP contribution < -0.4 is 10.1 Å². The summed E-state index contributed by atoms with van der Waals surface area (Å²) in [6.07, 6.45) is -1.07. The number of halogens is 3. The number of ether oxygens (including phenoxy) is 2. The number of hydrogen-bond donors (Lipinski definition) is 1. The molecule has 1 aliphatic carbocycles. The second-order valence-electron chi connectivity index (χ2n) is 10.2. The number of alkyl halides is 3. The molecule has 0 bridgehead atoms. The Labute approximate surface area is 209 Å². The van der Waals surface area contributed by atoms with Crippen molar-refractivity contribution in [1.82, 2.24) is 4.90 Å². The number of benzene rings is 2. The monoisotopic (exact) mass is 506 g/mol. The molecule has 0 heterocycles. The van der Waals surface area contributed by atoms with Gasteiger partial charge < -0.3 is 19.7 Å². The molecule has 1 N–H and O–H groups in total. The van der Waals surface area contributed by atoms with Crippen LogP contribution in [0.1, 0.15) is 62.4 Å². The first kappa shape index (κ1) is 27.4. The summed E-state index contributed by atoms with van der Waals surface area (Å²) in [6.45, 7) is 7.03. The third kappa shape index (κ3) is 7.63. The Morgan fingerprint density at radius 1 is 0.944 bits per heavy atom. The normalized spacial score (nSPS) is 18.3. The average molecular weight is 507 g/mol. The summed E-state index contributed by atoms with van der Waals surface area (Å²) < 4.78 is 46.0. The molecule has 9 heteroatoms. The maximum atomic E-state index is 13.4. The smallest absolute Gasteiger partial charge is 0.465 e. The predicted octanol–water partition coefficient (Wildman–Crippen LogP) is 7.01. The molecule has 1 saturated carbocycles. The fraction of sp³-hybridized carbons (Fsp3) is 0.481. The lowest BCUT2D eigenvalue weighted by atomic mass is 9.71. The molecule has 0 unspecified atom stereocenters. The number of esters is 1. The van der Waals surface area contributed by atoms with Gasteiger partial charge in [-0.15, -0.1) is 13.2 Å². The van der Waals surface area contributed by atoms with Gasteiger partial charge in [-0.2, -0.15) is 0 Å². The summed E-state index contributed by atoms with van der Waals surface area (Å²) in [7, 11) is 1.32. The second kappa shape index (κ2) is 11.2. The Morgan fingerprint density at radius 2 is 1.53 bits per heavy atom. The number of carbonyl (C=O) groups excluding carboxylic acids is 2. The standard InChI is InChI=1S/C27H33F3N2O4/c1-26(2,3)20-9-13-22(14-10-20)32(17-18-5-7-19(8-6-18)24(33)35-4)25(34)31-21-11-15-23(16-12-21)36-27(28,29)30/h5-8,11-12,15-16,20,22H,9-10,13-14,17H2,1-4H3,(H,31,34). The quantitative estimate of drug-likeness (QED) is 0.428. The van der Waals surface area contributed by atoms with Crippen molar-refractivity contribution >= 4 is 17.7 Å². The van der Waals surface area contributed by atoms with Gasteiger partial charge >= 0.3 is 18.4 Å². The third-order valence-electron chi connectivity index (χ3n) is 6.69. The molecule has 0 radical (unpaired) electrons. The lowest BCUT2D eigenvalue weighted by Gasteiger charge is -2.41. The minimum atomic E-state index is -4.78. The fourth-order valence-electron chi connectivity index (χ4n) is 4.62. The van der Waals surface area contributed by atoms with Gasteiger partial charge in [0.05, 0.1) is 12.7 Å². The summed E-state index contributed by atoms with van der Waals surface area (Å²) in [5.41, 5.74) is 1.83. The van der Waals surface area contributed by atoms with Crippen molar-refractivity contribution in [2.24, 2.45) is 11.3 Å². The van der Waals surface area contributed by atoms with Crippen LogP contribution in [0, 0.1) is 11.3 Å². The van der Waals surface area contributed by atoms with Crippen LogP contribution in [0.4, 0.5) is 23.7 Å². The summed E-state index contributed by atoms with van der Waals surface area (Å²) in [5, 5.41) is 2.81. The van der Waals surface area contributed by atoms with E-state index in [1.54, 1.807) is 29.2 Å². The molecule has 36 heavy (non-hydrogen) atoms. The Kier molecular flexibility index (Phi) is 8.53. The number of methoxy groups -OCH3 is 1. The van der Waals surface area contributed by atoms with Gasteiger partial charge in [-0.3, -0.25) is 0 Å². The van der Waals surface area contributed by atoms with Gasteiger partial charge in [-0.25, -0.2) is 9.59 Å². The van der Waals surface area contributed by atoms with E-state index in [1.165, 1.54) is 19.2 Å². The van der Waals surface area contributed by atoms with E-state index >= 15 is 0 Å². The van der Waals surface area contributed by atoms with Gasteiger partial charge in [0.1, 0.15) is 5.75 Å². The number of anilines is 1. The van der Waals surface area contributed by atoms with Crippen molar-refractivity contribution in [3.8, 4) is 5.75 Å². The molecule has 1 aliphatic rings. The van der Waals surface area contributed by atoms with Crippen molar-refractivity contribution in [2.75, 3.05) is 12.4 Å². The van der Waals surface area contributed by atoms with Crippen molar-refractivity contribution < 1.29 is 32.2 Å². The van der Waals surface area contributed by atoms with Crippen LogP contribution in [0.25, 0.3) is 0 Å². The molecule has 0 aromatic heterocycles. The number of urea groups is 1. The number of hydrogen-bond acceptors (Lipinski definition) is 4. The Morgan fingerprint density at radius 3 is 2.03 bits per heavy atom. The summed E-state index contributed by atoms with van der Waals surface area (Å²) in [5.74, 6) is -0.225. The first-order chi connectivity index (χ1) is 16.9. The van der Waals surface area contributed by atoms with Gasteiger partial charge in [-0.1, -0.05) is 32.9 Å². The highest BCUT2D eigenvalue weighted by molar-refractivity contribution is 5.90. The van der Waals surface area contributed by atoms with Crippen molar-refractivity contribution in [3.05, 3.63) is 59.7 Å². The zero-order chi connectivity index (χ0) is 26.5. The number of amides is 2. The molecule has 0 saturated heterocycles. The lowest BCUT2D eigenvalue weighted by Crippen LogP contribution is -2.45. The van der Waals surface area contributed by atoms with Gasteiger partial charge in [0, 0.05) is 18.3 Å². The highest BCUT2D eigenvalue weighted by Gasteiger charge is 2.34. The maximum absolute atomic E-state index is 13.4. The highest BCUT2D eigenvalue weighted by Crippen LogP contribution is 2.39. The molecular formula is C27H33F3N2O4. The first-order valence-corrected chi connectivity index (χ1v) is 12.0. The zero-order valence-electron chi connectivity index (χ0n) is 21.0. The van der Waals surface area contributed by atoms with Crippen LogP contribution in [0.5, 0.6) is 5.75 Å². The van der Waals surface area contributed by atoms with Gasteiger partial charge in [0.2, 0.25) is 0 Å². The molecule has 1 fully saturated rings. The van der Waals surface area contributed by atoms with Crippen LogP contribution in [-0.2, 0) is 11.3 Å². The molecule has 6 nitrogen and oxygen atoms in total. The number of rotatable bonds is 6. The lowest BCUT2D eigenvalue weighted by molar-refractivity contribution is -0.274. The van der Waals surface area contributed by atoms with E-state index in [0.29, 0.717) is 23.7 Å². The third-order valence-corrected chi connectivity index (χ3v) is 6.69. The summed E-state index contributed by atoms with van der Waals surface area (Å²) in [6, 6.07) is 11.6. The van der Waals surface area contributed by atoms with E-state index in [4.69, 9.17) is 4.74 Å². The maximum Gasteiger partial charge on any atom is 0.573 e. The average Bonchev–Trinajstić information content (AvgIpc) is 2.82. The van der Waals surface area contributed by atoms with Crippen LogP contribution in [-0.4, -0.2) is 36.4 Å². The number of carbonyl (C=O) groups is 2. The van der Waals surface area contributed by atoms with Gasteiger partial charge in [0.25, 0.3) is 0 Å². The molecule has 2 amide bonds. The molecule has 0 aliphatic heterocycles. The SMILES string of the molecule is COC(=O)c1ccc(CN(C(=O)Nc2ccc(OC(F)(F)F)cc2)C2CCC(C(C)(C)C)CC2)cc1. The van der Waals surface area contributed by atoms with Crippen LogP contribution >= 0.6 is 0 Å². The number of nitrogens with one attached hydrogen (secondary N) is 1. The first-order valence-electron chi connectivity index (χ1n) is 12.0. The molecular weight excluding hydrogens is 473 g/mol. The molecule has 196 valence electrons. The van der Waals surface area contributed by atoms with E-state index < -0.39 is 12.3 Å². The second-order valence-corrected chi connectivity index (χ2v) is 10.2. The van der Waals surface area contributed by atoms with Crippen LogP contribution in [0.3, 0.4) is 0 Å². The van der Waals surface area contributed by atoms with Crippen molar-refractivity contribution in [2.45, 2.75) is 65.4 Å². The molecule has 0 spiro atoms. The number of nitrogens with zero attached hydrogens (tertiary/aromatic N) is 1. The van der Waals surface area contributed by atoms with E-state index in [9.17, 15) is 22.8 Å². The highest BCUT2D eigenvalue weighted by atomic mass is 19.4.